The molecule has 0 radical (unpaired) electrons. The lowest BCUT2D eigenvalue weighted by Gasteiger charge is -2.14. The summed E-state index contributed by atoms with van der Waals surface area (Å²) in [6, 6.07) is 31.5. The first kappa shape index (κ1) is 27.8. The molecule has 10 heteroatoms. The van der Waals surface area contributed by atoms with Gasteiger partial charge in [-0.3, -0.25) is 0 Å². The van der Waals surface area contributed by atoms with E-state index in [1.807, 2.05) is 72.8 Å². The number of rotatable bonds is 11. The van der Waals surface area contributed by atoms with Gasteiger partial charge in [0.25, 0.3) is 0 Å². The minimum Gasteiger partial charge on any atom is -0.493 e. The van der Waals surface area contributed by atoms with Gasteiger partial charge in [-0.2, -0.15) is 20.1 Å². The third kappa shape index (κ3) is 7.92. The summed E-state index contributed by atoms with van der Waals surface area (Å²) < 4.78 is 12.6. The summed E-state index contributed by atoms with van der Waals surface area (Å²) in [6.07, 6.45) is 1.67. The number of aryl methyl sites for hydroxylation is 1. The zero-order chi connectivity index (χ0) is 28.4. The van der Waals surface area contributed by atoms with E-state index in [2.05, 4.69) is 89.9 Å². The van der Waals surface area contributed by atoms with Gasteiger partial charge in [-0.1, -0.05) is 66.2 Å². The second-order valence-corrected chi connectivity index (χ2v) is 10.1. The molecule has 0 fully saturated rings. The van der Waals surface area contributed by atoms with Gasteiger partial charge in [0.2, 0.25) is 17.8 Å². The number of nitrogens with one attached hydrogen (secondary N) is 3. The molecule has 1 heterocycles. The number of nitrogens with zero attached hydrogens (tertiary/aromatic N) is 4. The number of aromatic nitrogens is 3. The predicted octanol–water partition coefficient (Wildman–Crippen LogP) is 7.31. The number of halogens is 1. The topological polar surface area (TPSA) is 106 Å². The van der Waals surface area contributed by atoms with Gasteiger partial charge in [0, 0.05) is 11.4 Å². The fourth-order valence-corrected chi connectivity index (χ4v) is 4.58. The Hall–Kier alpha value is -4.71. The largest absolute Gasteiger partial charge is 0.493 e. The van der Waals surface area contributed by atoms with Crippen LogP contribution in [-0.4, -0.2) is 28.3 Å². The molecule has 0 saturated heterocycles. The monoisotopic (exact) mass is 657 g/mol. The van der Waals surface area contributed by atoms with Crippen molar-refractivity contribution in [1.29, 1.82) is 0 Å². The Bertz CT molecular complexity index is 1560. The number of hydrazone groups is 1. The van der Waals surface area contributed by atoms with Crippen LogP contribution in [0.2, 0.25) is 0 Å². The van der Waals surface area contributed by atoms with E-state index >= 15 is 0 Å². The Balaban J connectivity index is 1.32. The number of benzene rings is 4. The summed E-state index contributed by atoms with van der Waals surface area (Å²) in [5, 5.41) is 10.8. The first-order valence-electron chi connectivity index (χ1n) is 12.8. The van der Waals surface area contributed by atoms with Crippen LogP contribution in [0.1, 0.15) is 16.7 Å². The summed E-state index contributed by atoms with van der Waals surface area (Å²) in [5.74, 6) is 2.31. The standard InChI is InChI=1S/C31H28IN7O2/c1-21-13-15-22(16-14-21)20-41-28-26(32)17-23(18-27(28)40-2)19-33-39-31-37-29(34-24-9-5-3-6-10-24)36-30(38-31)35-25-11-7-4-8-12-25/h3-19H,20H2,1-2H3,(H3,34,35,36,37,38,39)/b33-19+. The van der Waals surface area contributed by atoms with E-state index in [4.69, 9.17) is 9.47 Å². The van der Waals surface area contributed by atoms with E-state index in [-0.39, 0.29) is 5.95 Å². The molecular weight excluding hydrogens is 629 g/mol. The van der Waals surface area contributed by atoms with Crippen molar-refractivity contribution in [3.63, 3.8) is 0 Å². The number of anilines is 5. The first-order chi connectivity index (χ1) is 20.1. The van der Waals surface area contributed by atoms with Gasteiger partial charge in [0.15, 0.2) is 11.5 Å². The lowest BCUT2D eigenvalue weighted by molar-refractivity contribution is 0.282. The van der Waals surface area contributed by atoms with Crippen molar-refractivity contribution in [2.75, 3.05) is 23.2 Å². The predicted molar refractivity (Wildman–Crippen MR) is 172 cm³/mol. The van der Waals surface area contributed by atoms with Crippen LogP contribution in [0.3, 0.4) is 0 Å². The molecule has 41 heavy (non-hydrogen) atoms. The fraction of sp³-hybridized carbons (Fsp3) is 0.0968. The molecule has 0 atom stereocenters. The SMILES string of the molecule is COc1cc(/C=N/Nc2nc(Nc3ccccc3)nc(Nc3ccccc3)n2)cc(I)c1OCc1ccc(C)cc1. The number of ether oxygens (including phenoxy) is 2. The van der Waals surface area contributed by atoms with Crippen LogP contribution >= 0.6 is 22.6 Å². The lowest BCUT2D eigenvalue weighted by Crippen LogP contribution is -2.07. The maximum atomic E-state index is 6.10. The Morgan fingerprint density at radius 1 is 0.780 bits per heavy atom. The van der Waals surface area contributed by atoms with Crippen molar-refractivity contribution < 1.29 is 9.47 Å². The normalized spacial score (nSPS) is 10.8. The van der Waals surface area contributed by atoms with Gasteiger partial charge in [0.1, 0.15) is 6.61 Å². The highest BCUT2D eigenvalue weighted by Gasteiger charge is 2.12. The van der Waals surface area contributed by atoms with E-state index in [9.17, 15) is 0 Å². The van der Waals surface area contributed by atoms with Crippen molar-refractivity contribution in [3.05, 3.63) is 117 Å². The fourth-order valence-electron chi connectivity index (χ4n) is 3.80. The lowest BCUT2D eigenvalue weighted by atomic mass is 10.2. The zero-order valence-electron chi connectivity index (χ0n) is 22.5. The molecule has 5 aromatic rings. The third-order valence-electron chi connectivity index (χ3n) is 5.83. The van der Waals surface area contributed by atoms with Crippen molar-refractivity contribution in [3.8, 4) is 11.5 Å². The molecule has 0 aliphatic heterocycles. The minimum absolute atomic E-state index is 0.271. The average Bonchev–Trinajstić information content (AvgIpc) is 2.98. The van der Waals surface area contributed by atoms with Crippen LogP contribution in [0.25, 0.3) is 0 Å². The molecule has 206 valence electrons. The molecule has 1 aromatic heterocycles. The van der Waals surface area contributed by atoms with E-state index in [0.29, 0.717) is 30.0 Å². The second-order valence-electron chi connectivity index (χ2n) is 8.97. The number of hydrogen-bond donors (Lipinski definition) is 3. The van der Waals surface area contributed by atoms with Gasteiger partial charge in [0.05, 0.1) is 16.9 Å². The van der Waals surface area contributed by atoms with Gasteiger partial charge in [-0.25, -0.2) is 5.43 Å². The summed E-state index contributed by atoms with van der Waals surface area (Å²) >= 11 is 2.24. The van der Waals surface area contributed by atoms with Crippen molar-refractivity contribution >= 4 is 58.0 Å². The third-order valence-corrected chi connectivity index (χ3v) is 6.63. The van der Waals surface area contributed by atoms with Gasteiger partial charge in [-0.15, -0.1) is 0 Å². The van der Waals surface area contributed by atoms with Gasteiger partial charge < -0.3 is 20.1 Å². The van der Waals surface area contributed by atoms with E-state index in [0.717, 1.165) is 26.1 Å². The molecule has 5 rings (SSSR count). The smallest absolute Gasteiger partial charge is 0.250 e. The molecule has 9 nitrogen and oxygen atoms in total. The van der Waals surface area contributed by atoms with Crippen LogP contribution in [-0.2, 0) is 6.61 Å². The average molecular weight is 658 g/mol. The van der Waals surface area contributed by atoms with E-state index in [1.165, 1.54) is 5.56 Å². The maximum Gasteiger partial charge on any atom is 0.250 e. The Kier molecular flexibility index (Phi) is 9.22. The molecule has 0 aliphatic rings. The van der Waals surface area contributed by atoms with Crippen molar-refractivity contribution in [2.24, 2.45) is 5.10 Å². The van der Waals surface area contributed by atoms with Crippen molar-refractivity contribution in [1.82, 2.24) is 15.0 Å². The quantitative estimate of drug-likeness (QED) is 0.0772. The zero-order valence-corrected chi connectivity index (χ0v) is 24.7. The molecule has 0 amide bonds. The molecular formula is C31H28IN7O2. The molecule has 0 spiro atoms. The molecule has 0 bridgehead atoms. The molecule has 3 N–H and O–H groups in total. The summed E-state index contributed by atoms with van der Waals surface area (Å²) in [7, 11) is 1.62. The van der Waals surface area contributed by atoms with Crippen LogP contribution in [0, 0.1) is 10.5 Å². The number of hydrogen-bond acceptors (Lipinski definition) is 9. The van der Waals surface area contributed by atoms with Crippen molar-refractivity contribution in [2.45, 2.75) is 13.5 Å². The van der Waals surface area contributed by atoms with Crippen LogP contribution in [0.5, 0.6) is 11.5 Å². The van der Waals surface area contributed by atoms with Crippen LogP contribution < -0.4 is 25.5 Å². The van der Waals surface area contributed by atoms with Crippen LogP contribution in [0.4, 0.5) is 29.2 Å². The number of para-hydroxylation sites is 2. The minimum atomic E-state index is 0.271. The summed E-state index contributed by atoms with van der Waals surface area (Å²) in [5.41, 5.74) is 7.74. The van der Waals surface area contributed by atoms with Gasteiger partial charge >= 0.3 is 0 Å². The second kappa shape index (κ2) is 13.6. The molecule has 0 aliphatic carbocycles. The van der Waals surface area contributed by atoms with Crippen LogP contribution in [0.15, 0.2) is 102 Å². The summed E-state index contributed by atoms with van der Waals surface area (Å²) in [6.45, 7) is 2.51. The highest BCUT2D eigenvalue weighted by atomic mass is 127. The Labute approximate surface area is 252 Å². The molecule has 0 unspecified atom stereocenters. The first-order valence-corrected chi connectivity index (χ1v) is 13.9. The number of methoxy groups -OCH3 is 1. The Morgan fingerprint density at radius 3 is 1.95 bits per heavy atom. The molecule has 4 aromatic carbocycles. The van der Waals surface area contributed by atoms with Gasteiger partial charge in [-0.05, 0) is 77.0 Å². The Morgan fingerprint density at radius 2 is 1.37 bits per heavy atom. The summed E-state index contributed by atoms with van der Waals surface area (Å²) in [4.78, 5) is 13.5. The van der Waals surface area contributed by atoms with E-state index in [1.54, 1.807) is 13.3 Å². The maximum absolute atomic E-state index is 6.10. The highest BCUT2D eigenvalue weighted by molar-refractivity contribution is 14.1. The van der Waals surface area contributed by atoms with E-state index < -0.39 is 0 Å². The highest BCUT2D eigenvalue weighted by Crippen LogP contribution is 2.34. The molecule has 0 saturated carbocycles.